The van der Waals surface area contributed by atoms with Crippen LogP contribution in [0.2, 0.25) is 0 Å². The summed E-state index contributed by atoms with van der Waals surface area (Å²) in [7, 11) is 0. The van der Waals surface area contributed by atoms with Gasteiger partial charge in [0.25, 0.3) is 12.1 Å². The van der Waals surface area contributed by atoms with Crippen molar-refractivity contribution in [3.63, 3.8) is 0 Å². The third-order valence-electron chi connectivity index (χ3n) is 1.88. The topological polar surface area (TPSA) is 79.8 Å². The van der Waals surface area contributed by atoms with Crippen LogP contribution in [0.3, 0.4) is 0 Å². The number of hydrogen-bond donors (Lipinski definition) is 0. The van der Waals surface area contributed by atoms with Crippen molar-refractivity contribution in [2.45, 2.75) is 12.6 Å². The summed E-state index contributed by atoms with van der Waals surface area (Å²) in [5.74, 6) is 0. The van der Waals surface area contributed by atoms with Crippen LogP contribution in [0.15, 0.2) is 6.20 Å². The Hall–Kier alpha value is -2.31. The number of halogens is 5. The minimum atomic E-state index is -5.14. The van der Waals surface area contributed by atoms with Crippen LogP contribution in [0, 0.1) is 21.4 Å². The van der Waals surface area contributed by atoms with Gasteiger partial charge in [0.05, 0.1) is 4.92 Å². The maximum absolute atomic E-state index is 12.4. The van der Waals surface area contributed by atoms with Gasteiger partial charge in [0.15, 0.2) is 11.3 Å². The molecule has 1 aromatic rings. The zero-order valence-corrected chi connectivity index (χ0v) is 8.20. The highest BCUT2D eigenvalue weighted by atomic mass is 19.4. The van der Waals surface area contributed by atoms with Crippen molar-refractivity contribution in [3.05, 3.63) is 33.1 Å². The van der Waals surface area contributed by atoms with Gasteiger partial charge < -0.3 is 0 Å². The first-order valence-electron chi connectivity index (χ1n) is 4.12. The van der Waals surface area contributed by atoms with Gasteiger partial charge in [-0.3, -0.25) is 10.1 Å². The fourth-order valence-corrected chi connectivity index (χ4v) is 1.19. The second-order valence-corrected chi connectivity index (χ2v) is 2.95. The molecule has 1 aromatic heterocycles. The molecule has 0 atom stereocenters. The predicted molar refractivity (Wildman–Crippen MR) is 45.6 cm³/mol. The lowest BCUT2D eigenvalue weighted by Crippen LogP contribution is -2.14. The van der Waals surface area contributed by atoms with Crippen LogP contribution in [0.25, 0.3) is 0 Å². The van der Waals surface area contributed by atoms with Gasteiger partial charge in [0.1, 0.15) is 11.6 Å². The highest BCUT2D eigenvalue weighted by Gasteiger charge is 2.41. The molecule has 1 heterocycles. The van der Waals surface area contributed by atoms with Crippen LogP contribution in [0.4, 0.5) is 27.6 Å². The average molecular weight is 267 g/mol. The Balaban J connectivity index is 3.71. The van der Waals surface area contributed by atoms with E-state index in [-0.39, 0.29) is 6.20 Å². The summed E-state index contributed by atoms with van der Waals surface area (Å²) in [5, 5.41) is 19.0. The van der Waals surface area contributed by atoms with E-state index in [1.54, 1.807) is 0 Å². The van der Waals surface area contributed by atoms with Gasteiger partial charge in [-0.15, -0.1) is 0 Å². The number of nitro groups is 1. The Kier molecular flexibility index (Phi) is 3.45. The summed E-state index contributed by atoms with van der Waals surface area (Å²) in [4.78, 5) is 11.7. The lowest BCUT2D eigenvalue weighted by atomic mass is 10.1. The molecule has 0 N–H and O–H groups in total. The van der Waals surface area contributed by atoms with Crippen molar-refractivity contribution in [2.24, 2.45) is 0 Å². The van der Waals surface area contributed by atoms with E-state index in [2.05, 4.69) is 4.98 Å². The van der Waals surface area contributed by atoms with Gasteiger partial charge in [0.2, 0.25) is 0 Å². The van der Waals surface area contributed by atoms with E-state index in [1.807, 2.05) is 0 Å². The first-order chi connectivity index (χ1) is 8.20. The van der Waals surface area contributed by atoms with Gasteiger partial charge in [-0.2, -0.15) is 18.4 Å². The van der Waals surface area contributed by atoms with Crippen molar-refractivity contribution in [1.29, 1.82) is 5.26 Å². The van der Waals surface area contributed by atoms with Crippen LogP contribution in [0.1, 0.15) is 23.2 Å². The van der Waals surface area contributed by atoms with Gasteiger partial charge in [-0.05, 0) is 0 Å². The van der Waals surface area contributed by atoms with Crippen LogP contribution >= 0.6 is 0 Å². The van der Waals surface area contributed by atoms with Crippen molar-refractivity contribution < 1.29 is 26.9 Å². The summed E-state index contributed by atoms with van der Waals surface area (Å²) in [6.45, 7) is 0. The summed E-state index contributed by atoms with van der Waals surface area (Å²) in [6.07, 6.45) is -8.50. The zero-order valence-electron chi connectivity index (χ0n) is 8.20. The number of nitriles is 1. The summed E-state index contributed by atoms with van der Waals surface area (Å²) in [6, 6.07) is 0.890. The van der Waals surface area contributed by atoms with Gasteiger partial charge in [-0.1, -0.05) is 0 Å². The van der Waals surface area contributed by atoms with E-state index in [4.69, 9.17) is 5.26 Å². The lowest BCUT2D eigenvalue weighted by molar-refractivity contribution is -0.386. The number of rotatable bonds is 2. The second kappa shape index (κ2) is 4.52. The van der Waals surface area contributed by atoms with E-state index in [0.717, 1.165) is 6.07 Å². The number of hydrogen-bond acceptors (Lipinski definition) is 4. The molecule has 1 rings (SSSR count). The van der Waals surface area contributed by atoms with Crippen LogP contribution in [-0.4, -0.2) is 9.91 Å². The molecule has 10 heteroatoms. The Bertz CT molecular complexity index is 535. The number of alkyl halides is 5. The smallest absolute Gasteiger partial charge is 0.258 e. The van der Waals surface area contributed by atoms with E-state index >= 15 is 0 Å². The molecule has 0 fully saturated rings. The lowest BCUT2D eigenvalue weighted by Gasteiger charge is -2.09. The standard InChI is InChI=1S/C8H2F5N3O2/c9-7(10)4-2-15-6(8(11,12)13)3(1-14)5(4)16(17)18/h2,7H. The number of aromatic nitrogens is 1. The van der Waals surface area contributed by atoms with Crippen LogP contribution < -0.4 is 0 Å². The summed E-state index contributed by atoms with van der Waals surface area (Å²) < 4.78 is 62.0. The quantitative estimate of drug-likeness (QED) is 0.468. The molecule has 0 aliphatic carbocycles. The molecule has 0 aromatic carbocycles. The Labute approximate surface area is 95.6 Å². The molecule has 0 spiro atoms. The molecule has 5 nitrogen and oxygen atoms in total. The van der Waals surface area contributed by atoms with Crippen molar-refractivity contribution >= 4 is 5.69 Å². The number of nitrogens with zero attached hydrogens (tertiary/aromatic N) is 3. The highest BCUT2D eigenvalue weighted by Crippen LogP contribution is 2.38. The third-order valence-corrected chi connectivity index (χ3v) is 1.88. The molecule has 0 unspecified atom stereocenters. The normalized spacial score (nSPS) is 11.4. The molecule has 0 saturated carbocycles. The van der Waals surface area contributed by atoms with Crippen LogP contribution in [0.5, 0.6) is 0 Å². The van der Waals surface area contributed by atoms with Crippen molar-refractivity contribution in [1.82, 2.24) is 4.98 Å². The Morgan fingerprint density at radius 1 is 1.44 bits per heavy atom. The van der Waals surface area contributed by atoms with Crippen molar-refractivity contribution in [3.8, 4) is 6.07 Å². The van der Waals surface area contributed by atoms with E-state index in [0.29, 0.717) is 0 Å². The fraction of sp³-hybridized carbons (Fsp3) is 0.250. The van der Waals surface area contributed by atoms with E-state index in [9.17, 15) is 32.1 Å². The molecule has 18 heavy (non-hydrogen) atoms. The fourth-order valence-electron chi connectivity index (χ4n) is 1.19. The van der Waals surface area contributed by atoms with Gasteiger partial charge >= 0.3 is 6.18 Å². The molecule has 0 saturated heterocycles. The zero-order chi connectivity index (χ0) is 14.1. The molecule has 0 aliphatic heterocycles. The average Bonchev–Trinajstić information content (AvgIpc) is 2.25. The Morgan fingerprint density at radius 2 is 2.00 bits per heavy atom. The first-order valence-corrected chi connectivity index (χ1v) is 4.12. The molecule has 96 valence electrons. The minimum absolute atomic E-state index is 0.0481. The predicted octanol–water partition coefficient (Wildman–Crippen LogP) is 2.82. The molecular formula is C8H2F5N3O2. The maximum Gasteiger partial charge on any atom is 0.434 e. The largest absolute Gasteiger partial charge is 0.434 e. The van der Waals surface area contributed by atoms with Crippen molar-refractivity contribution in [2.75, 3.05) is 0 Å². The SMILES string of the molecule is N#Cc1c(C(F)(F)F)ncc(C(F)F)c1[N+](=O)[O-]. The summed E-state index contributed by atoms with van der Waals surface area (Å²) in [5.41, 5.74) is -6.29. The molecule has 0 aliphatic rings. The number of pyridine rings is 1. The second-order valence-electron chi connectivity index (χ2n) is 2.95. The van der Waals surface area contributed by atoms with Gasteiger partial charge in [-0.25, -0.2) is 13.8 Å². The molecule has 0 amide bonds. The Morgan fingerprint density at radius 3 is 2.33 bits per heavy atom. The third kappa shape index (κ3) is 2.34. The molecule has 0 bridgehead atoms. The highest BCUT2D eigenvalue weighted by molar-refractivity contribution is 5.56. The van der Waals surface area contributed by atoms with Crippen LogP contribution in [-0.2, 0) is 6.18 Å². The first kappa shape index (κ1) is 13.8. The van der Waals surface area contributed by atoms with E-state index < -0.39 is 40.0 Å². The summed E-state index contributed by atoms with van der Waals surface area (Å²) >= 11 is 0. The monoisotopic (exact) mass is 267 g/mol. The van der Waals surface area contributed by atoms with E-state index in [1.165, 1.54) is 0 Å². The minimum Gasteiger partial charge on any atom is -0.258 e. The maximum atomic E-state index is 12.4. The van der Waals surface area contributed by atoms with Gasteiger partial charge in [0, 0.05) is 6.20 Å². The molecule has 0 radical (unpaired) electrons. The molecular weight excluding hydrogens is 265 g/mol.